The molecule has 0 radical (unpaired) electrons. The zero-order valence-electron chi connectivity index (χ0n) is 11.6. The second kappa shape index (κ2) is 5.54. The number of nitrogens with two attached hydrogens (primary N) is 1. The van der Waals surface area contributed by atoms with Crippen molar-refractivity contribution in [3.63, 3.8) is 0 Å². The van der Waals surface area contributed by atoms with E-state index in [9.17, 15) is 4.79 Å². The highest BCUT2D eigenvalue weighted by Gasteiger charge is 2.14. The third-order valence-electron chi connectivity index (χ3n) is 3.12. The number of aryl methyl sites for hydroxylation is 3. The van der Waals surface area contributed by atoms with E-state index in [1.807, 2.05) is 6.92 Å². The van der Waals surface area contributed by atoms with Gasteiger partial charge >= 0.3 is 5.97 Å². The Hall–Kier alpha value is -2.01. The number of rotatable bonds is 3. The summed E-state index contributed by atoms with van der Waals surface area (Å²) in [6.45, 7) is 3.75. The van der Waals surface area contributed by atoms with E-state index in [4.69, 9.17) is 22.1 Å². The highest BCUT2D eigenvalue weighted by atomic mass is 35.5. The summed E-state index contributed by atoms with van der Waals surface area (Å²) in [4.78, 5) is 12.0. The van der Waals surface area contributed by atoms with Gasteiger partial charge in [0.15, 0.2) is 0 Å². The van der Waals surface area contributed by atoms with Crippen molar-refractivity contribution in [3.8, 4) is 0 Å². The number of halogens is 1. The van der Waals surface area contributed by atoms with Gasteiger partial charge < -0.3 is 10.5 Å². The zero-order valence-corrected chi connectivity index (χ0v) is 12.4. The van der Waals surface area contributed by atoms with Crippen LogP contribution in [0.2, 0.25) is 5.02 Å². The van der Waals surface area contributed by atoms with Crippen molar-refractivity contribution in [2.45, 2.75) is 20.5 Å². The number of benzene rings is 1. The molecule has 2 aromatic rings. The first kappa shape index (κ1) is 14.4. The molecule has 0 saturated heterocycles. The van der Waals surface area contributed by atoms with Gasteiger partial charge in [0.2, 0.25) is 0 Å². The van der Waals surface area contributed by atoms with Gasteiger partial charge in [-0.25, -0.2) is 4.79 Å². The van der Waals surface area contributed by atoms with E-state index in [0.717, 1.165) is 5.56 Å². The summed E-state index contributed by atoms with van der Waals surface area (Å²) < 4.78 is 6.85. The molecule has 0 bridgehead atoms. The van der Waals surface area contributed by atoms with Crippen molar-refractivity contribution in [3.05, 3.63) is 45.7 Å². The fraction of sp³-hybridized carbons (Fsp3) is 0.286. The molecule has 0 amide bonds. The lowest BCUT2D eigenvalue weighted by molar-refractivity contribution is 0.0464. The van der Waals surface area contributed by atoms with Crippen LogP contribution in [-0.4, -0.2) is 15.7 Å². The number of anilines is 1. The Morgan fingerprint density at radius 2 is 2.15 bits per heavy atom. The van der Waals surface area contributed by atoms with Gasteiger partial charge in [0, 0.05) is 12.7 Å². The standard InChI is InChI=1S/C14H16ClN3O2/c1-8-4-5-10(6-11(8)16)14(19)20-7-12-13(15)9(2)17-18(12)3/h4-6H,7,16H2,1-3H3. The third-order valence-corrected chi connectivity index (χ3v) is 3.61. The monoisotopic (exact) mass is 293 g/mol. The van der Waals surface area contributed by atoms with Crippen LogP contribution in [0, 0.1) is 13.8 Å². The van der Waals surface area contributed by atoms with Crippen LogP contribution >= 0.6 is 11.6 Å². The highest BCUT2D eigenvalue weighted by molar-refractivity contribution is 6.31. The zero-order chi connectivity index (χ0) is 14.9. The molecular formula is C14H16ClN3O2. The fourth-order valence-electron chi connectivity index (χ4n) is 1.82. The van der Waals surface area contributed by atoms with Gasteiger partial charge in [-0.05, 0) is 31.5 Å². The Morgan fingerprint density at radius 1 is 1.45 bits per heavy atom. The van der Waals surface area contributed by atoms with Crippen LogP contribution in [0.3, 0.4) is 0 Å². The molecule has 0 unspecified atom stereocenters. The van der Waals surface area contributed by atoms with Gasteiger partial charge in [0.25, 0.3) is 0 Å². The maximum absolute atomic E-state index is 12.0. The van der Waals surface area contributed by atoms with Crippen LogP contribution in [0.5, 0.6) is 0 Å². The van der Waals surface area contributed by atoms with E-state index < -0.39 is 5.97 Å². The molecule has 2 N–H and O–H groups in total. The van der Waals surface area contributed by atoms with Crippen LogP contribution in [-0.2, 0) is 18.4 Å². The van der Waals surface area contributed by atoms with E-state index in [-0.39, 0.29) is 6.61 Å². The van der Waals surface area contributed by atoms with Crippen molar-refractivity contribution >= 4 is 23.3 Å². The minimum atomic E-state index is -0.438. The van der Waals surface area contributed by atoms with Crippen molar-refractivity contribution in [1.82, 2.24) is 9.78 Å². The number of hydrogen-bond acceptors (Lipinski definition) is 4. The molecule has 0 aliphatic heterocycles. The largest absolute Gasteiger partial charge is 0.456 e. The quantitative estimate of drug-likeness (QED) is 0.697. The second-order valence-electron chi connectivity index (χ2n) is 4.62. The Kier molecular flexibility index (Phi) is 3.99. The average molecular weight is 294 g/mol. The second-order valence-corrected chi connectivity index (χ2v) is 5.00. The molecule has 2 rings (SSSR count). The van der Waals surface area contributed by atoms with Gasteiger partial charge in [0.1, 0.15) is 6.61 Å². The minimum absolute atomic E-state index is 0.0722. The van der Waals surface area contributed by atoms with E-state index in [2.05, 4.69) is 5.10 Å². The number of hydrogen-bond donors (Lipinski definition) is 1. The molecule has 5 nitrogen and oxygen atoms in total. The number of carbonyl (C=O) groups excluding carboxylic acids is 1. The molecule has 1 aromatic carbocycles. The van der Waals surface area contributed by atoms with E-state index >= 15 is 0 Å². The highest BCUT2D eigenvalue weighted by Crippen LogP contribution is 2.21. The molecule has 0 atom stereocenters. The lowest BCUT2D eigenvalue weighted by atomic mass is 10.1. The molecule has 106 valence electrons. The van der Waals surface area contributed by atoms with Crippen molar-refractivity contribution in [2.24, 2.45) is 7.05 Å². The lowest BCUT2D eigenvalue weighted by Crippen LogP contribution is -2.09. The number of esters is 1. The van der Waals surface area contributed by atoms with Crippen molar-refractivity contribution in [2.75, 3.05) is 5.73 Å². The topological polar surface area (TPSA) is 70.1 Å². The van der Waals surface area contributed by atoms with Gasteiger partial charge in [-0.3, -0.25) is 4.68 Å². The van der Waals surface area contributed by atoms with E-state index in [0.29, 0.717) is 27.7 Å². The Balaban J connectivity index is 2.10. The summed E-state index contributed by atoms with van der Waals surface area (Å²) >= 11 is 6.09. The summed E-state index contributed by atoms with van der Waals surface area (Å²) in [5.74, 6) is -0.438. The van der Waals surface area contributed by atoms with Crippen LogP contribution in [0.25, 0.3) is 0 Å². The smallest absolute Gasteiger partial charge is 0.338 e. The SMILES string of the molecule is Cc1ccc(C(=O)OCc2c(Cl)c(C)nn2C)cc1N. The number of nitrogen functional groups attached to an aromatic ring is 1. The van der Waals surface area contributed by atoms with Crippen LogP contribution in [0.4, 0.5) is 5.69 Å². The van der Waals surface area contributed by atoms with E-state index in [1.165, 1.54) is 0 Å². The molecule has 0 aliphatic carbocycles. The van der Waals surface area contributed by atoms with E-state index in [1.54, 1.807) is 36.9 Å². The fourth-order valence-corrected chi connectivity index (χ4v) is 2.04. The van der Waals surface area contributed by atoms with Gasteiger partial charge in [-0.2, -0.15) is 5.10 Å². The molecule has 20 heavy (non-hydrogen) atoms. The lowest BCUT2D eigenvalue weighted by Gasteiger charge is -2.07. The number of carbonyl (C=O) groups is 1. The first-order valence-electron chi connectivity index (χ1n) is 6.11. The van der Waals surface area contributed by atoms with Crippen LogP contribution < -0.4 is 5.73 Å². The van der Waals surface area contributed by atoms with Crippen molar-refractivity contribution in [1.29, 1.82) is 0 Å². The molecule has 1 aromatic heterocycles. The number of ether oxygens (including phenoxy) is 1. The van der Waals surface area contributed by atoms with Gasteiger partial charge in [-0.15, -0.1) is 0 Å². The van der Waals surface area contributed by atoms with Crippen molar-refractivity contribution < 1.29 is 9.53 Å². The first-order chi connectivity index (χ1) is 9.40. The third kappa shape index (κ3) is 2.77. The first-order valence-corrected chi connectivity index (χ1v) is 6.49. The molecule has 0 spiro atoms. The normalized spacial score (nSPS) is 10.6. The molecule has 0 saturated carbocycles. The maximum Gasteiger partial charge on any atom is 0.338 e. The summed E-state index contributed by atoms with van der Waals surface area (Å²) in [5, 5.41) is 4.68. The summed E-state index contributed by atoms with van der Waals surface area (Å²) in [6, 6.07) is 5.07. The number of aromatic nitrogens is 2. The Bertz CT molecular complexity index is 665. The summed E-state index contributed by atoms with van der Waals surface area (Å²) in [6.07, 6.45) is 0. The average Bonchev–Trinajstić information content (AvgIpc) is 2.64. The number of nitrogens with zero attached hydrogens (tertiary/aromatic N) is 2. The predicted octanol–water partition coefficient (Wildman–Crippen LogP) is 2.63. The predicted molar refractivity (Wildman–Crippen MR) is 77.7 cm³/mol. The Labute approximate surface area is 122 Å². The minimum Gasteiger partial charge on any atom is -0.456 e. The molecule has 1 heterocycles. The van der Waals surface area contributed by atoms with Gasteiger partial charge in [0.05, 0.1) is 22.0 Å². The molecule has 6 heteroatoms. The molecular weight excluding hydrogens is 278 g/mol. The summed E-state index contributed by atoms with van der Waals surface area (Å²) in [7, 11) is 1.76. The molecule has 0 fully saturated rings. The molecule has 0 aliphatic rings. The maximum atomic E-state index is 12.0. The van der Waals surface area contributed by atoms with Crippen LogP contribution in [0.1, 0.15) is 27.3 Å². The van der Waals surface area contributed by atoms with Crippen LogP contribution in [0.15, 0.2) is 18.2 Å². The Morgan fingerprint density at radius 3 is 2.70 bits per heavy atom. The van der Waals surface area contributed by atoms with Gasteiger partial charge in [-0.1, -0.05) is 17.7 Å². The summed E-state index contributed by atoms with van der Waals surface area (Å²) in [5.41, 5.74) is 9.05.